The van der Waals surface area contributed by atoms with Gasteiger partial charge < -0.3 is 11.1 Å². The fourth-order valence-electron chi connectivity index (χ4n) is 3.68. The molecule has 10 heteroatoms. The second-order valence-electron chi connectivity index (χ2n) is 7.27. The molecule has 0 bridgehead atoms. The zero-order valence-electron chi connectivity index (χ0n) is 17.3. The van der Waals surface area contributed by atoms with Crippen LogP contribution in [0.5, 0.6) is 0 Å². The monoisotopic (exact) mass is 450 g/mol. The Morgan fingerprint density at radius 1 is 1.12 bits per heavy atom. The molecule has 0 spiro atoms. The van der Waals surface area contributed by atoms with Gasteiger partial charge in [0.15, 0.2) is 0 Å². The zero-order chi connectivity index (χ0) is 23.8. The highest BCUT2D eigenvalue weighted by Crippen LogP contribution is 2.34. The number of benzene rings is 2. The maximum absolute atomic E-state index is 13.7. The number of nitriles is 1. The van der Waals surface area contributed by atoms with E-state index in [1.54, 1.807) is 37.3 Å². The third kappa shape index (κ3) is 3.96. The molecule has 2 aromatic heterocycles. The third-order valence-corrected chi connectivity index (χ3v) is 5.18. The first kappa shape index (κ1) is 21.8. The lowest BCUT2D eigenvalue weighted by Gasteiger charge is -2.22. The second kappa shape index (κ2) is 8.27. The predicted octanol–water partition coefficient (Wildman–Crippen LogP) is 4.43. The maximum Gasteiger partial charge on any atom is 0.417 e. The Kier molecular flexibility index (Phi) is 5.47. The van der Waals surface area contributed by atoms with Crippen LogP contribution in [0.25, 0.3) is 16.5 Å². The average molecular weight is 450 g/mol. The Morgan fingerprint density at radius 3 is 2.52 bits per heavy atom. The lowest BCUT2D eigenvalue weighted by molar-refractivity contribution is -0.136. The van der Waals surface area contributed by atoms with Crippen molar-refractivity contribution in [2.45, 2.75) is 19.1 Å². The fourth-order valence-corrected chi connectivity index (χ4v) is 3.68. The molecule has 0 radical (unpaired) electrons. The Bertz CT molecular complexity index is 1440. The number of rotatable bonds is 4. The van der Waals surface area contributed by atoms with Gasteiger partial charge in [0.25, 0.3) is 5.56 Å². The first-order chi connectivity index (χ1) is 15.7. The molecule has 1 atom stereocenters. The van der Waals surface area contributed by atoms with E-state index in [4.69, 9.17) is 5.73 Å². The van der Waals surface area contributed by atoms with Gasteiger partial charge in [-0.05, 0) is 36.6 Å². The van der Waals surface area contributed by atoms with Crippen molar-refractivity contribution in [2.75, 3.05) is 11.1 Å². The lowest BCUT2D eigenvalue weighted by Crippen LogP contribution is -2.27. The average Bonchev–Trinajstić information content (AvgIpc) is 2.78. The number of hydrogen-bond donors (Lipinski definition) is 2. The molecule has 2 aromatic carbocycles. The van der Waals surface area contributed by atoms with Crippen LogP contribution in [0.4, 0.5) is 24.8 Å². The number of nitrogens with two attached hydrogens (primary N) is 1. The molecule has 0 saturated carbocycles. The first-order valence-electron chi connectivity index (χ1n) is 9.80. The number of nitrogen functional groups attached to an aromatic ring is 1. The van der Waals surface area contributed by atoms with E-state index in [9.17, 15) is 23.2 Å². The number of pyridine rings is 1. The van der Waals surface area contributed by atoms with Crippen molar-refractivity contribution >= 4 is 22.4 Å². The highest BCUT2D eigenvalue weighted by molar-refractivity contribution is 5.86. The molecule has 0 fully saturated rings. The summed E-state index contributed by atoms with van der Waals surface area (Å²) in [6.45, 7) is 1.70. The van der Waals surface area contributed by atoms with E-state index >= 15 is 0 Å². The van der Waals surface area contributed by atoms with Gasteiger partial charge in [0.1, 0.15) is 29.6 Å². The molecule has 4 rings (SSSR count). The summed E-state index contributed by atoms with van der Waals surface area (Å²) in [5.41, 5.74) is 4.73. The van der Waals surface area contributed by atoms with Crippen molar-refractivity contribution in [3.63, 3.8) is 0 Å². The van der Waals surface area contributed by atoms with Crippen LogP contribution in [-0.4, -0.2) is 14.5 Å². The van der Waals surface area contributed by atoms with Crippen LogP contribution < -0.4 is 16.6 Å². The number of hydrogen-bond acceptors (Lipinski definition) is 6. The molecule has 3 N–H and O–H groups in total. The van der Waals surface area contributed by atoms with Gasteiger partial charge >= 0.3 is 6.18 Å². The SMILES string of the molecule is C[C@H](Nc1ncnc(N)c1C#N)c1cc2cccc(C(F)(F)F)c2c(=O)n1-c1ccccc1. The van der Waals surface area contributed by atoms with Crippen molar-refractivity contribution in [1.29, 1.82) is 5.26 Å². The molecule has 166 valence electrons. The largest absolute Gasteiger partial charge is 0.417 e. The summed E-state index contributed by atoms with van der Waals surface area (Å²) in [6, 6.07) is 14.8. The molecule has 2 heterocycles. The minimum absolute atomic E-state index is 0.0176. The summed E-state index contributed by atoms with van der Waals surface area (Å²) in [5, 5.41) is 12.1. The minimum atomic E-state index is -4.70. The van der Waals surface area contributed by atoms with E-state index in [2.05, 4.69) is 15.3 Å². The number of aromatic nitrogens is 3. The minimum Gasteiger partial charge on any atom is -0.382 e. The van der Waals surface area contributed by atoms with Crippen LogP contribution in [0.2, 0.25) is 0 Å². The van der Waals surface area contributed by atoms with Gasteiger partial charge in [-0.25, -0.2) is 9.97 Å². The molecule has 0 unspecified atom stereocenters. The standard InChI is InChI=1S/C23H17F3N6O/c1-13(31-21-16(11-27)20(28)29-12-30-21)18-10-14-6-5-9-17(23(24,25)26)19(14)22(33)32(18)15-7-3-2-4-8-15/h2-10,12-13H,1H3,(H3,28,29,30,31)/t13-/m0/s1. The fraction of sp³-hybridized carbons (Fsp3) is 0.130. The molecule has 7 nitrogen and oxygen atoms in total. The van der Waals surface area contributed by atoms with Crippen LogP contribution >= 0.6 is 0 Å². The summed E-state index contributed by atoms with van der Waals surface area (Å²) in [7, 11) is 0. The smallest absolute Gasteiger partial charge is 0.382 e. The van der Waals surface area contributed by atoms with Crippen molar-refractivity contribution in [3.8, 4) is 11.8 Å². The molecule has 0 aliphatic carbocycles. The quantitative estimate of drug-likeness (QED) is 0.476. The Labute approximate surface area is 185 Å². The number of fused-ring (bicyclic) bond motifs is 1. The van der Waals surface area contributed by atoms with Crippen LogP contribution in [-0.2, 0) is 6.18 Å². The summed E-state index contributed by atoms with van der Waals surface area (Å²) < 4.78 is 42.3. The highest BCUT2D eigenvalue weighted by atomic mass is 19.4. The normalized spacial score (nSPS) is 12.3. The molecular weight excluding hydrogens is 433 g/mol. The second-order valence-corrected chi connectivity index (χ2v) is 7.27. The van der Waals surface area contributed by atoms with Crippen LogP contribution in [0, 0.1) is 11.3 Å². The number of alkyl halides is 3. The Balaban J connectivity index is 1.98. The van der Waals surface area contributed by atoms with E-state index in [1.165, 1.54) is 29.1 Å². The molecule has 4 aromatic rings. The maximum atomic E-state index is 13.7. The van der Waals surface area contributed by atoms with E-state index in [-0.39, 0.29) is 22.6 Å². The molecule has 0 aliphatic rings. The van der Waals surface area contributed by atoms with Gasteiger partial charge in [-0.3, -0.25) is 9.36 Å². The number of anilines is 2. The Hall–Kier alpha value is -4.39. The number of nitrogens with zero attached hydrogens (tertiary/aromatic N) is 4. The van der Waals surface area contributed by atoms with Crippen molar-refractivity contribution in [1.82, 2.24) is 14.5 Å². The van der Waals surface area contributed by atoms with Crippen LogP contribution in [0.1, 0.15) is 29.8 Å². The van der Waals surface area contributed by atoms with E-state index < -0.39 is 28.7 Å². The summed E-state index contributed by atoms with van der Waals surface area (Å²) in [5.74, 6) is 0.129. The lowest BCUT2D eigenvalue weighted by atomic mass is 10.0. The van der Waals surface area contributed by atoms with Crippen molar-refractivity contribution in [2.24, 2.45) is 0 Å². The molecule has 33 heavy (non-hydrogen) atoms. The molecular formula is C23H17F3N6O. The summed E-state index contributed by atoms with van der Waals surface area (Å²) in [6.07, 6.45) is -3.51. The van der Waals surface area contributed by atoms with Gasteiger partial charge in [0.05, 0.1) is 17.0 Å². The summed E-state index contributed by atoms with van der Waals surface area (Å²) in [4.78, 5) is 21.3. The molecule has 0 aliphatic heterocycles. The van der Waals surface area contributed by atoms with Gasteiger partial charge in [0.2, 0.25) is 0 Å². The van der Waals surface area contributed by atoms with E-state index in [1.807, 2.05) is 6.07 Å². The topological polar surface area (TPSA) is 110 Å². The number of halogens is 3. The molecule has 0 amide bonds. The van der Waals surface area contributed by atoms with Gasteiger partial charge in [-0.1, -0.05) is 30.3 Å². The number of para-hydroxylation sites is 1. The van der Waals surface area contributed by atoms with Gasteiger partial charge in [-0.15, -0.1) is 0 Å². The highest BCUT2D eigenvalue weighted by Gasteiger charge is 2.34. The van der Waals surface area contributed by atoms with Crippen molar-refractivity contribution in [3.05, 3.63) is 88.1 Å². The molecule has 0 saturated heterocycles. The van der Waals surface area contributed by atoms with Gasteiger partial charge in [0, 0.05) is 11.4 Å². The Morgan fingerprint density at radius 2 is 1.85 bits per heavy atom. The summed E-state index contributed by atoms with van der Waals surface area (Å²) >= 11 is 0. The van der Waals surface area contributed by atoms with E-state index in [0.29, 0.717) is 11.4 Å². The zero-order valence-corrected chi connectivity index (χ0v) is 17.3. The van der Waals surface area contributed by atoms with Crippen molar-refractivity contribution < 1.29 is 13.2 Å². The van der Waals surface area contributed by atoms with Crippen LogP contribution in [0.3, 0.4) is 0 Å². The van der Waals surface area contributed by atoms with Crippen LogP contribution in [0.15, 0.2) is 65.7 Å². The third-order valence-electron chi connectivity index (χ3n) is 5.18. The predicted molar refractivity (Wildman–Crippen MR) is 118 cm³/mol. The first-order valence-corrected chi connectivity index (χ1v) is 9.80. The van der Waals surface area contributed by atoms with Gasteiger partial charge in [-0.2, -0.15) is 18.4 Å². The number of nitrogens with one attached hydrogen (secondary N) is 1. The van der Waals surface area contributed by atoms with E-state index in [0.717, 1.165) is 6.07 Å².